The summed E-state index contributed by atoms with van der Waals surface area (Å²) in [7, 11) is 0. The summed E-state index contributed by atoms with van der Waals surface area (Å²) in [6.45, 7) is 3.13. The summed E-state index contributed by atoms with van der Waals surface area (Å²) in [5.41, 5.74) is 7.13. The van der Waals surface area contributed by atoms with Crippen molar-refractivity contribution in [3.63, 3.8) is 0 Å². The number of halogens is 1. The van der Waals surface area contributed by atoms with Gasteiger partial charge in [0, 0.05) is 16.7 Å². The molecule has 1 saturated heterocycles. The lowest BCUT2D eigenvalue weighted by Crippen LogP contribution is -2.40. The zero-order valence-corrected chi connectivity index (χ0v) is 17.1. The van der Waals surface area contributed by atoms with Crippen molar-refractivity contribution in [2.24, 2.45) is 5.73 Å². The highest BCUT2D eigenvalue weighted by molar-refractivity contribution is 14.1. The lowest BCUT2D eigenvalue weighted by atomic mass is 10.0. The maximum absolute atomic E-state index is 10.6. The van der Waals surface area contributed by atoms with Crippen molar-refractivity contribution < 1.29 is 9.53 Å². The minimum atomic E-state index is -0.667. The van der Waals surface area contributed by atoms with E-state index < -0.39 is 5.60 Å². The lowest BCUT2D eigenvalue weighted by molar-refractivity contribution is -0.135. The average Bonchev–Trinajstić information content (AvgIpc) is 3.30. The van der Waals surface area contributed by atoms with Gasteiger partial charge in [0.25, 0.3) is 0 Å². The number of nitrogens with zero attached hydrogens (tertiary/aromatic N) is 3. The largest absolute Gasteiger partial charge is 0.367 e. The number of amides is 1. The van der Waals surface area contributed by atoms with Crippen LogP contribution in [-0.2, 0) is 16.1 Å². The second-order valence-electron chi connectivity index (χ2n) is 6.35. The van der Waals surface area contributed by atoms with E-state index in [4.69, 9.17) is 10.5 Å². The van der Waals surface area contributed by atoms with Gasteiger partial charge in [0.15, 0.2) is 11.5 Å². The summed E-state index contributed by atoms with van der Waals surface area (Å²) < 4.78 is 6.35. The number of anilines is 1. The van der Waals surface area contributed by atoms with Gasteiger partial charge in [-0.3, -0.25) is 4.79 Å². The Labute approximate surface area is 170 Å². The van der Waals surface area contributed by atoms with Gasteiger partial charge < -0.3 is 20.8 Å². The molecule has 3 heterocycles. The Morgan fingerprint density at radius 1 is 1.41 bits per heavy atom. The summed E-state index contributed by atoms with van der Waals surface area (Å²) in [6, 6.07) is 8.34. The van der Waals surface area contributed by atoms with Crippen molar-refractivity contribution in [3.05, 3.63) is 46.1 Å². The van der Waals surface area contributed by atoms with Crippen molar-refractivity contribution in [2.45, 2.75) is 31.9 Å². The van der Waals surface area contributed by atoms with Gasteiger partial charge in [-0.2, -0.15) is 0 Å². The fourth-order valence-corrected chi connectivity index (χ4v) is 3.31. The van der Waals surface area contributed by atoms with Crippen LogP contribution in [0.15, 0.2) is 36.9 Å². The molecule has 3 aromatic rings. The van der Waals surface area contributed by atoms with E-state index in [1.165, 1.54) is 15.5 Å². The van der Waals surface area contributed by atoms with Gasteiger partial charge in [0.2, 0.25) is 5.91 Å². The Balaban J connectivity index is 0.000000197. The number of hydrogen-bond acceptors (Lipinski definition) is 6. The van der Waals surface area contributed by atoms with Crippen LogP contribution in [0.25, 0.3) is 11.2 Å². The van der Waals surface area contributed by atoms with Gasteiger partial charge in [-0.15, -0.1) is 0 Å². The highest BCUT2D eigenvalue weighted by Crippen LogP contribution is 2.23. The number of rotatable bonds is 4. The first kappa shape index (κ1) is 19.5. The first-order valence-corrected chi connectivity index (χ1v) is 9.62. The molecule has 1 aliphatic heterocycles. The number of nitrogens with two attached hydrogens (primary N) is 1. The SMILES string of the molecule is CC1(C(N)=O)CCCO1.Ic1cccc(CNc2ncnc3nc[nH]c23)c1. The molecule has 0 aliphatic carbocycles. The Kier molecular flexibility index (Phi) is 6.22. The first-order valence-electron chi connectivity index (χ1n) is 8.54. The molecule has 4 N–H and O–H groups in total. The topological polar surface area (TPSA) is 119 Å². The number of ether oxygens (including phenoxy) is 1. The molecule has 27 heavy (non-hydrogen) atoms. The van der Waals surface area contributed by atoms with E-state index in [2.05, 4.69) is 66.0 Å². The average molecular weight is 480 g/mol. The number of carbonyl (C=O) groups is 1. The Hall–Kier alpha value is -2.27. The fourth-order valence-electron chi connectivity index (χ4n) is 2.71. The molecule has 2 aromatic heterocycles. The van der Waals surface area contributed by atoms with Crippen LogP contribution in [0, 0.1) is 3.57 Å². The van der Waals surface area contributed by atoms with E-state index in [0.29, 0.717) is 12.3 Å². The number of aromatic nitrogens is 4. The van der Waals surface area contributed by atoms with Crippen LogP contribution >= 0.6 is 22.6 Å². The van der Waals surface area contributed by atoms with Crippen LogP contribution in [0.2, 0.25) is 0 Å². The number of primary amides is 1. The minimum absolute atomic E-state index is 0.347. The van der Waals surface area contributed by atoms with E-state index in [0.717, 1.165) is 30.7 Å². The highest BCUT2D eigenvalue weighted by atomic mass is 127. The summed E-state index contributed by atoms with van der Waals surface area (Å²) >= 11 is 2.30. The van der Waals surface area contributed by atoms with E-state index in [1.807, 2.05) is 6.07 Å². The van der Waals surface area contributed by atoms with Gasteiger partial charge in [-0.25, -0.2) is 15.0 Å². The van der Waals surface area contributed by atoms with Crippen LogP contribution in [0.1, 0.15) is 25.3 Å². The second kappa shape index (κ2) is 8.61. The van der Waals surface area contributed by atoms with Crippen LogP contribution in [0.3, 0.4) is 0 Å². The highest BCUT2D eigenvalue weighted by Gasteiger charge is 2.35. The summed E-state index contributed by atoms with van der Waals surface area (Å²) in [5, 5.41) is 3.29. The van der Waals surface area contributed by atoms with Crippen LogP contribution in [-0.4, -0.2) is 38.1 Å². The van der Waals surface area contributed by atoms with Gasteiger partial charge in [-0.1, -0.05) is 12.1 Å². The molecule has 1 unspecified atom stereocenters. The van der Waals surface area contributed by atoms with Crippen molar-refractivity contribution >= 4 is 45.5 Å². The van der Waals surface area contributed by atoms with Crippen LogP contribution in [0.4, 0.5) is 5.82 Å². The summed E-state index contributed by atoms with van der Waals surface area (Å²) in [4.78, 5) is 26.1. The molecule has 0 bridgehead atoms. The maximum Gasteiger partial charge on any atom is 0.249 e. The third-order valence-electron chi connectivity index (χ3n) is 4.31. The molecule has 1 aromatic carbocycles. The van der Waals surface area contributed by atoms with Gasteiger partial charge in [0.1, 0.15) is 17.4 Å². The lowest BCUT2D eigenvalue weighted by Gasteiger charge is -2.17. The molecular formula is C18H21IN6O2. The van der Waals surface area contributed by atoms with E-state index in [1.54, 1.807) is 13.3 Å². The molecule has 0 saturated carbocycles. The van der Waals surface area contributed by atoms with E-state index in [9.17, 15) is 4.79 Å². The molecule has 142 valence electrons. The number of hydrogen-bond donors (Lipinski definition) is 3. The number of fused-ring (bicyclic) bond motifs is 1. The number of nitrogens with one attached hydrogen (secondary N) is 2. The van der Waals surface area contributed by atoms with Gasteiger partial charge in [-0.05, 0) is 60.1 Å². The Morgan fingerprint density at radius 3 is 2.93 bits per heavy atom. The molecule has 8 nitrogen and oxygen atoms in total. The summed E-state index contributed by atoms with van der Waals surface area (Å²) in [5.74, 6) is 0.427. The smallest absolute Gasteiger partial charge is 0.249 e. The third-order valence-corrected chi connectivity index (χ3v) is 4.98. The first-order chi connectivity index (χ1) is 13.0. The zero-order chi connectivity index (χ0) is 19.3. The molecule has 9 heteroatoms. The van der Waals surface area contributed by atoms with Crippen molar-refractivity contribution in [1.29, 1.82) is 0 Å². The summed E-state index contributed by atoms with van der Waals surface area (Å²) in [6.07, 6.45) is 4.85. The fraction of sp³-hybridized carbons (Fsp3) is 0.333. The Bertz CT molecular complexity index is 923. The van der Waals surface area contributed by atoms with Gasteiger partial charge in [0.05, 0.1) is 6.33 Å². The van der Waals surface area contributed by atoms with Crippen LogP contribution < -0.4 is 11.1 Å². The van der Waals surface area contributed by atoms with E-state index in [-0.39, 0.29) is 5.91 Å². The molecule has 0 radical (unpaired) electrons. The quantitative estimate of drug-likeness (QED) is 0.494. The van der Waals surface area contributed by atoms with Gasteiger partial charge >= 0.3 is 0 Å². The monoisotopic (exact) mass is 480 g/mol. The number of carbonyl (C=O) groups excluding carboxylic acids is 1. The second-order valence-corrected chi connectivity index (χ2v) is 7.60. The molecule has 1 amide bonds. The molecule has 1 aliphatic rings. The third kappa shape index (κ3) is 4.92. The van der Waals surface area contributed by atoms with Crippen LogP contribution in [0.5, 0.6) is 0 Å². The maximum atomic E-state index is 10.6. The normalized spacial score (nSPS) is 18.7. The standard InChI is InChI=1S/C12H10IN5.C6H11NO2/c13-9-3-1-2-8(4-9)5-14-11-10-12(16-6-15-10)18-7-17-11;1-6(5(7)8)3-2-4-9-6/h1-4,6-7H,5H2,(H2,14,15,16,17,18);2-4H2,1H3,(H2,7,8). The van der Waals surface area contributed by atoms with Crippen molar-refractivity contribution in [1.82, 2.24) is 19.9 Å². The molecule has 0 spiro atoms. The molecular weight excluding hydrogens is 459 g/mol. The zero-order valence-electron chi connectivity index (χ0n) is 14.9. The molecule has 1 atom stereocenters. The number of imidazole rings is 1. The Morgan fingerprint density at radius 2 is 2.26 bits per heavy atom. The molecule has 1 fully saturated rings. The number of H-pyrrole nitrogens is 1. The van der Waals surface area contributed by atoms with Crippen molar-refractivity contribution in [3.8, 4) is 0 Å². The van der Waals surface area contributed by atoms with Crippen molar-refractivity contribution in [2.75, 3.05) is 11.9 Å². The molecule has 4 rings (SSSR count). The number of benzene rings is 1. The van der Waals surface area contributed by atoms with E-state index >= 15 is 0 Å². The predicted octanol–water partition coefficient (Wildman–Crippen LogP) is 2.61. The minimum Gasteiger partial charge on any atom is -0.367 e. The number of aromatic amines is 1. The predicted molar refractivity (Wildman–Crippen MR) is 111 cm³/mol.